The van der Waals surface area contributed by atoms with Crippen LogP contribution in [0.2, 0.25) is 0 Å². The summed E-state index contributed by atoms with van der Waals surface area (Å²) in [5.74, 6) is 0. The van der Waals surface area contributed by atoms with Crippen molar-refractivity contribution in [3.63, 3.8) is 0 Å². The maximum Gasteiger partial charge on any atom is 0.0346 e. The van der Waals surface area contributed by atoms with Crippen molar-refractivity contribution >= 4 is 0 Å². The van der Waals surface area contributed by atoms with Crippen molar-refractivity contribution in [3.8, 4) is 44.5 Å². The molecule has 0 atom stereocenters. The molecule has 4 aromatic heterocycles. The van der Waals surface area contributed by atoms with Crippen molar-refractivity contribution in [2.45, 2.75) is 0 Å². The minimum atomic E-state index is 1.07. The van der Waals surface area contributed by atoms with Gasteiger partial charge < -0.3 is 0 Å². The summed E-state index contributed by atoms with van der Waals surface area (Å²) in [6.45, 7) is 0. The van der Waals surface area contributed by atoms with Crippen LogP contribution in [0.1, 0.15) is 0 Å². The van der Waals surface area contributed by atoms with Gasteiger partial charge in [-0.15, -0.1) is 0 Å². The van der Waals surface area contributed by atoms with E-state index >= 15 is 0 Å². The molecule has 0 radical (unpaired) electrons. The third-order valence-corrected chi connectivity index (χ3v) is 5.10. The Hall–Kier alpha value is -4.18. The lowest BCUT2D eigenvalue weighted by atomic mass is 9.86. The first-order valence-corrected chi connectivity index (χ1v) is 9.70. The minimum absolute atomic E-state index is 1.07. The van der Waals surface area contributed by atoms with Crippen LogP contribution in [0.4, 0.5) is 0 Å². The maximum absolute atomic E-state index is 4.35. The molecule has 142 valence electrons. The van der Waals surface area contributed by atoms with Crippen LogP contribution in [0.15, 0.2) is 110 Å². The van der Waals surface area contributed by atoms with Gasteiger partial charge in [0.05, 0.1) is 0 Å². The van der Waals surface area contributed by atoms with Crippen LogP contribution < -0.4 is 0 Å². The van der Waals surface area contributed by atoms with Crippen molar-refractivity contribution < 1.29 is 0 Å². The first-order chi connectivity index (χ1) is 14.9. The van der Waals surface area contributed by atoms with Crippen LogP contribution in [0.25, 0.3) is 44.5 Å². The second kappa shape index (κ2) is 8.05. The lowest BCUT2D eigenvalue weighted by molar-refractivity contribution is 1.31. The number of hydrogen-bond acceptors (Lipinski definition) is 4. The molecule has 0 aliphatic heterocycles. The molecule has 0 amide bonds. The fraction of sp³-hybridized carbons (Fsp3) is 0. The first kappa shape index (κ1) is 17.9. The van der Waals surface area contributed by atoms with Crippen molar-refractivity contribution in [2.75, 3.05) is 0 Å². The van der Waals surface area contributed by atoms with E-state index in [2.05, 4.69) is 38.1 Å². The quantitative estimate of drug-likeness (QED) is 0.384. The second-order valence-corrected chi connectivity index (χ2v) is 6.89. The zero-order valence-corrected chi connectivity index (χ0v) is 16.2. The molecule has 0 saturated heterocycles. The van der Waals surface area contributed by atoms with E-state index in [1.807, 2.05) is 85.8 Å². The molecular formula is C26H18N4. The summed E-state index contributed by atoms with van der Waals surface area (Å²) >= 11 is 0. The molecule has 5 rings (SSSR count). The molecule has 0 unspecified atom stereocenters. The van der Waals surface area contributed by atoms with Crippen molar-refractivity contribution in [2.24, 2.45) is 0 Å². The first-order valence-electron chi connectivity index (χ1n) is 9.70. The van der Waals surface area contributed by atoms with E-state index in [0.29, 0.717) is 0 Å². The number of benzene rings is 1. The van der Waals surface area contributed by atoms with Crippen LogP contribution in [0.5, 0.6) is 0 Å². The van der Waals surface area contributed by atoms with Gasteiger partial charge in [0.2, 0.25) is 0 Å². The van der Waals surface area contributed by atoms with Crippen LogP contribution in [-0.4, -0.2) is 19.9 Å². The lowest BCUT2D eigenvalue weighted by Gasteiger charge is -2.17. The molecule has 0 aliphatic carbocycles. The molecule has 4 nitrogen and oxygen atoms in total. The molecule has 1 aromatic carbocycles. The summed E-state index contributed by atoms with van der Waals surface area (Å²) in [4.78, 5) is 16.9. The molecule has 0 spiro atoms. The maximum atomic E-state index is 4.35. The van der Waals surface area contributed by atoms with Crippen molar-refractivity contribution in [3.05, 3.63) is 110 Å². The number of hydrogen-bond donors (Lipinski definition) is 0. The van der Waals surface area contributed by atoms with E-state index in [9.17, 15) is 0 Å². The number of pyridine rings is 4. The van der Waals surface area contributed by atoms with Gasteiger partial charge in [0.25, 0.3) is 0 Å². The summed E-state index contributed by atoms with van der Waals surface area (Å²) < 4.78 is 0. The Labute approximate surface area is 175 Å². The molecule has 0 saturated carbocycles. The smallest absolute Gasteiger partial charge is 0.0346 e. The standard InChI is InChI=1S/C26H18N4/c1-2-22(18-30-9-1)26-17-24(20-5-12-28-13-6-20)23(19-3-10-27-11-4-19)16-25(26)21-7-14-29-15-8-21/h1-18H. The highest BCUT2D eigenvalue weighted by Gasteiger charge is 2.16. The van der Waals surface area contributed by atoms with E-state index < -0.39 is 0 Å². The van der Waals surface area contributed by atoms with Gasteiger partial charge in [0.15, 0.2) is 0 Å². The highest BCUT2D eigenvalue weighted by Crippen LogP contribution is 2.41. The number of nitrogens with zero attached hydrogens (tertiary/aromatic N) is 4. The lowest BCUT2D eigenvalue weighted by Crippen LogP contribution is -1.93. The molecule has 0 N–H and O–H groups in total. The van der Waals surface area contributed by atoms with E-state index in [1.165, 1.54) is 0 Å². The zero-order valence-electron chi connectivity index (χ0n) is 16.2. The summed E-state index contributed by atoms with van der Waals surface area (Å²) in [5, 5.41) is 0. The van der Waals surface area contributed by atoms with Crippen molar-refractivity contribution in [1.82, 2.24) is 19.9 Å². The topological polar surface area (TPSA) is 51.6 Å². The largest absolute Gasteiger partial charge is 0.265 e. The van der Waals surface area contributed by atoms with Crippen LogP contribution in [0, 0.1) is 0 Å². The molecule has 4 heterocycles. The van der Waals surface area contributed by atoms with Gasteiger partial charge in [0.1, 0.15) is 0 Å². The SMILES string of the molecule is c1cncc(-c2cc(-c3ccncc3)c(-c3ccncc3)cc2-c2ccncc2)c1. The van der Waals surface area contributed by atoms with Gasteiger partial charge in [-0.05, 0) is 93.5 Å². The molecule has 0 fully saturated rings. The molecule has 5 aromatic rings. The fourth-order valence-electron chi connectivity index (χ4n) is 3.67. The predicted octanol–water partition coefficient (Wildman–Crippen LogP) is 5.93. The van der Waals surface area contributed by atoms with Gasteiger partial charge in [-0.2, -0.15) is 0 Å². The minimum Gasteiger partial charge on any atom is -0.265 e. The third kappa shape index (κ3) is 3.47. The van der Waals surface area contributed by atoms with E-state index in [0.717, 1.165) is 44.5 Å². The monoisotopic (exact) mass is 386 g/mol. The summed E-state index contributed by atoms with van der Waals surface area (Å²) in [6, 6.07) is 20.8. The Morgan fingerprint density at radius 3 is 1.13 bits per heavy atom. The average molecular weight is 386 g/mol. The normalized spacial score (nSPS) is 10.7. The van der Waals surface area contributed by atoms with E-state index in [1.54, 1.807) is 6.20 Å². The third-order valence-electron chi connectivity index (χ3n) is 5.10. The van der Waals surface area contributed by atoms with E-state index in [4.69, 9.17) is 0 Å². The van der Waals surface area contributed by atoms with Gasteiger partial charge in [0, 0.05) is 55.1 Å². The Balaban J connectivity index is 1.85. The average Bonchev–Trinajstić information content (AvgIpc) is 2.85. The van der Waals surface area contributed by atoms with Crippen LogP contribution in [-0.2, 0) is 0 Å². The van der Waals surface area contributed by atoms with Gasteiger partial charge in [-0.25, -0.2) is 0 Å². The van der Waals surface area contributed by atoms with E-state index in [-0.39, 0.29) is 0 Å². The van der Waals surface area contributed by atoms with Crippen molar-refractivity contribution in [1.29, 1.82) is 0 Å². The Morgan fingerprint density at radius 2 is 0.767 bits per heavy atom. The Bertz CT molecular complexity index is 1060. The summed E-state index contributed by atoms with van der Waals surface area (Å²) in [7, 11) is 0. The summed E-state index contributed by atoms with van der Waals surface area (Å²) in [5.41, 5.74) is 8.95. The molecule has 4 heteroatoms. The highest BCUT2D eigenvalue weighted by molar-refractivity contribution is 5.94. The fourth-order valence-corrected chi connectivity index (χ4v) is 3.67. The van der Waals surface area contributed by atoms with Crippen LogP contribution in [0.3, 0.4) is 0 Å². The van der Waals surface area contributed by atoms with Crippen LogP contribution >= 0.6 is 0 Å². The van der Waals surface area contributed by atoms with Gasteiger partial charge in [-0.3, -0.25) is 19.9 Å². The molecule has 30 heavy (non-hydrogen) atoms. The zero-order chi connectivity index (χ0) is 20.2. The molecule has 0 aliphatic rings. The molecule has 0 bridgehead atoms. The second-order valence-electron chi connectivity index (χ2n) is 6.89. The Morgan fingerprint density at radius 1 is 0.367 bits per heavy atom. The molecular weight excluding hydrogens is 368 g/mol. The Kier molecular flexibility index (Phi) is 4.80. The summed E-state index contributed by atoms with van der Waals surface area (Å²) in [6.07, 6.45) is 14.7. The number of rotatable bonds is 4. The number of aromatic nitrogens is 4. The van der Waals surface area contributed by atoms with Gasteiger partial charge >= 0.3 is 0 Å². The van der Waals surface area contributed by atoms with Gasteiger partial charge in [-0.1, -0.05) is 6.07 Å². The highest BCUT2D eigenvalue weighted by atomic mass is 14.6. The predicted molar refractivity (Wildman–Crippen MR) is 119 cm³/mol.